The summed E-state index contributed by atoms with van der Waals surface area (Å²) in [6.07, 6.45) is 1.04. The number of hydrogen-bond donors (Lipinski definition) is 2. The molecule has 3 aliphatic rings. The Morgan fingerprint density at radius 3 is 2.80 bits per heavy atom. The molecule has 4 rings (SSSR count). The first-order valence-corrected chi connectivity index (χ1v) is 9.50. The Labute approximate surface area is 158 Å². The fourth-order valence-electron chi connectivity index (χ4n) is 3.67. The number of anilines is 1. The fraction of sp³-hybridized carbons (Fsp3) is 0.529. The highest BCUT2D eigenvalue weighted by Crippen LogP contribution is 2.32. The molecule has 0 aromatic heterocycles. The lowest BCUT2D eigenvalue weighted by atomic mass is 10.1. The lowest BCUT2D eigenvalue weighted by Gasteiger charge is -2.32. The van der Waals surface area contributed by atoms with Crippen molar-refractivity contribution in [2.45, 2.75) is 17.4 Å². The molecule has 0 aliphatic carbocycles. The Morgan fingerprint density at radius 2 is 2.00 bits per heavy atom. The maximum absolute atomic E-state index is 12.8. The zero-order valence-corrected chi connectivity index (χ0v) is 15.6. The van der Waals surface area contributed by atoms with Crippen LogP contribution < -0.4 is 10.6 Å². The van der Waals surface area contributed by atoms with Crippen LogP contribution in [0, 0.1) is 0 Å². The number of rotatable bonds is 2. The second-order valence-electron chi connectivity index (χ2n) is 6.53. The van der Waals surface area contributed by atoms with Crippen LogP contribution in [0.3, 0.4) is 0 Å². The lowest BCUT2D eigenvalue weighted by Crippen LogP contribution is -2.49. The van der Waals surface area contributed by atoms with Crippen molar-refractivity contribution in [1.82, 2.24) is 15.1 Å². The van der Waals surface area contributed by atoms with Crippen LogP contribution in [0.15, 0.2) is 23.1 Å². The van der Waals surface area contributed by atoms with Crippen molar-refractivity contribution in [1.29, 1.82) is 0 Å². The van der Waals surface area contributed by atoms with Gasteiger partial charge in [0.25, 0.3) is 5.91 Å². The minimum Gasteiger partial charge on any atom is -0.337 e. The van der Waals surface area contributed by atoms with Gasteiger partial charge in [-0.25, -0.2) is 0 Å². The summed E-state index contributed by atoms with van der Waals surface area (Å²) in [4.78, 5) is 29.8. The van der Waals surface area contributed by atoms with Crippen molar-refractivity contribution in [2.75, 3.05) is 50.3 Å². The van der Waals surface area contributed by atoms with E-state index >= 15 is 0 Å². The summed E-state index contributed by atoms with van der Waals surface area (Å²) in [6, 6.07) is 6.11. The number of amides is 2. The Hall–Kier alpha value is -1.28. The summed E-state index contributed by atoms with van der Waals surface area (Å²) < 4.78 is 0. The highest BCUT2D eigenvalue weighted by molar-refractivity contribution is 8.00. The van der Waals surface area contributed by atoms with E-state index in [1.165, 1.54) is 11.8 Å². The minimum absolute atomic E-state index is 0. The Balaban J connectivity index is 0.00000182. The molecule has 2 saturated heterocycles. The second kappa shape index (κ2) is 7.95. The van der Waals surface area contributed by atoms with Crippen molar-refractivity contribution in [3.05, 3.63) is 23.8 Å². The number of nitrogens with one attached hydrogen (secondary N) is 2. The van der Waals surface area contributed by atoms with E-state index in [-0.39, 0.29) is 24.2 Å². The van der Waals surface area contributed by atoms with E-state index in [0.29, 0.717) is 17.4 Å². The molecule has 8 heteroatoms. The molecule has 3 aliphatic heterocycles. The largest absolute Gasteiger partial charge is 0.337 e. The average Bonchev–Trinajstić information content (AvgIpc) is 3.11. The smallest absolute Gasteiger partial charge is 0.253 e. The van der Waals surface area contributed by atoms with Crippen LogP contribution in [0.1, 0.15) is 16.8 Å². The van der Waals surface area contributed by atoms with Crippen LogP contribution in [-0.2, 0) is 4.79 Å². The van der Waals surface area contributed by atoms with E-state index in [9.17, 15) is 9.59 Å². The topological polar surface area (TPSA) is 64.7 Å². The molecule has 1 aromatic rings. The molecule has 0 spiro atoms. The van der Waals surface area contributed by atoms with Crippen molar-refractivity contribution in [2.24, 2.45) is 0 Å². The first-order chi connectivity index (χ1) is 11.7. The van der Waals surface area contributed by atoms with Gasteiger partial charge in [0.15, 0.2) is 0 Å². The van der Waals surface area contributed by atoms with Crippen LogP contribution in [0.4, 0.5) is 5.69 Å². The Bertz CT molecular complexity index is 666. The molecular formula is C17H23ClN4O2S. The monoisotopic (exact) mass is 382 g/mol. The van der Waals surface area contributed by atoms with E-state index in [2.05, 4.69) is 15.5 Å². The van der Waals surface area contributed by atoms with Crippen LogP contribution in [0.2, 0.25) is 0 Å². The molecule has 2 N–H and O–H groups in total. The molecule has 1 aromatic carbocycles. The quantitative estimate of drug-likeness (QED) is 0.806. The van der Waals surface area contributed by atoms with Crippen LogP contribution in [-0.4, -0.2) is 72.7 Å². The third-order valence-corrected chi connectivity index (χ3v) is 6.05. The summed E-state index contributed by atoms with van der Waals surface area (Å²) in [5, 5.41) is 6.23. The summed E-state index contributed by atoms with van der Waals surface area (Å²) in [7, 11) is 0. The van der Waals surface area contributed by atoms with Gasteiger partial charge in [0.05, 0.1) is 11.4 Å². The predicted octanol–water partition coefficient (Wildman–Crippen LogP) is 1.27. The Morgan fingerprint density at radius 1 is 1.20 bits per heavy atom. The van der Waals surface area contributed by atoms with Gasteiger partial charge in [-0.2, -0.15) is 0 Å². The summed E-state index contributed by atoms with van der Waals surface area (Å²) >= 11 is 1.52. The number of nitrogens with zero attached hydrogens (tertiary/aromatic N) is 2. The Kier molecular flexibility index (Phi) is 5.89. The lowest BCUT2D eigenvalue weighted by molar-refractivity contribution is -0.113. The molecule has 0 radical (unpaired) electrons. The maximum Gasteiger partial charge on any atom is 0.253 e. The number of carbonyl (C=O) groups excluding carboxylic acids is 2. The highest BCUT2D eigenvalue weighted by Gasteiger charge is 2.31. The summed E-state index contributed by atoms with van der Waals surface area (Å²) in [5.74, 6) is 0.510. The standard InChI is InChI=1S/C17H22N4O2S.ClH/c22-16-11-24-15-2-1-12(9-14(15)19-16)17(23)21-6-3-13(10-21)20-7-4-18-5-8-20;/h1-2,9,13,18H,3-8,10-11H2,(H,19,22);1H. The molecule has 0 saturated carbocycles. The summed E-state index contributed by atoms with van der Waals surface area (Å²) in [5.41, 5.74) is 1.43. The average molecular weight is 383 g/mol. The van der Waals surface area contributed by atoms with Crippen LogP contribution >= 0.6 is 24.2 Å². The number of thioether (sulfide) groups is 1. The molecule has 6 nitrogen and oxygen atoms in total. The van der Waals surface area contributed by atoms with Gasteiger partial charge in [-0.1, -0.05) is 0 Å². The van der Waals surface area contributed by atoms with Gasteiger partial charge < -0.3 is 15.5 Å². The van der Waals surface area contributed by atoms with Crippen molar-refractivity contribution < 1.29 is 9.59 Å². The van der Waals surface area contributed by atoms with Crippen LogP contribution in [0.5, 0.6) is 0 Å². The van der Waals surface area contributed by atoms with Crippen molar-refractivity contribution in [3.8, 4) is 0 Å². The van der Waals surface area contributed by atoms with E-state index in [1.54, 1.807) is 0 Å². The maximum atomic E-state index is 12.8. The fourth-order valence-corrected chi connectivity index (χ4v) is 4.46. The van der Waals surface area contributed by atoms with Gasteiger partial charge in [0.1, 0.15) is 0 Å². The molecule has 1 unspecified atom stereocenters. The van der Waals surface area contributed by atoms with E-state index in [4.69, 9.17) is 0 Å². The third-order valence-electron chi connectivity index (χ3n) is 4.98. The van der Waals surface area contributed by atoms with Crippen molar-refractivity contribution in [3.63, 3.8) is 0 Å². The molecule has 25 heavy (non-hydrogen) atoms. The third kappa shape index (κ3) is 3.95. The van der Waals surface area contributed by atoms with Gasteiger partial charge >= 0.3 is 0 Å². The number of fused-ring (bicyclic) bond motifs is 1. The molecule has 3 heterocycles. The van der Waals surface area contributed by atoms with Gasteiger partial charge in [-0.05, 0) is 24.6 Å². The summed E-state index contributed by atoms with van der Waals surface area (Å²) in [6.45, 7) is 5.81. The first kappa shape index (κ1) is 18.5. The second-order valence-corrected chi connectivity index (χ2v) is 7.54. The molecule has 1 atom stereocenters. The zero-order valence-electron chi connectivity index (χ0n) is 14.0. The van der Waals surface area contributed by atoms with Gasteiger partial charge in [0.2, 0.25) is 5.91 Å². The molecule has 0 bridgehead atoms. The van der Waals surface area contributed by atoms with E-state index < -0.39 is 0 Å². The number of carbonyl (C=O) groups is 2. The first-order valence-electron chi connectivity index (χ1n) is 8.51. The number of halogens is 1. The normalized spacial score (nSPS) is 23.6. The van der Waals surface area contributed by atoms with Gasteiger partial charge in [0, 0.05) is 55.8 Å². The predicted molar refractivity (Wildman–Crippen MR) is 102 cm³/mol. The van der Waals surface area contributed by atoms with Crippen LogP contribution in [0.25, 0.3) is 0 Å². The number of hydrogen-bond acceptors (Lipinski definition) is 5. The molecule has 2 fully saturated rings. The number of piperazine rings is 1. The zero-order chi connectivity index (χ0) is 16.5. The van der Waals surface area contributed by atoms with E-state index in [0.717, 1.165) is 56.3 Å². The molecule has 2 amide bonds. The number of likely N-dealkylation sites (tertiary alicyclic amines) is 1. The van der Waals surface area contributed by atoms with E-state index in [1.807, 2.05) is 23.1 Å². The molecule has 136 valence electrons. The molecular weight excluding hydrogens is 360 g/mol. The number of benzene rings is 1. The highest BCUT2D eigenvalue weighted by atomic mass is 35.5. The SMILES string of the molecule is Cl.O=C1CSc2ccc(C(=O)N3CCC(N4CCNCC4)C3)cc2N1. The van der Waals surface area contributed by atoms with Gasteiger partial charge in [-0.3, -0.25) is 14.5 Å². The van der Waals surface area contributed by atoms with Gasteiger partial charge in [-0.15, -0.1) is 24.2 Å². The minimum atomic E-state index is -0.00274. The van der Waals surface area contributed by atoms with Crippen molar-refractivity contribution >= 4 is 41.7 Å².